The second-order valence-electron chi connectivity index (χ2n) is 5.04. The number of ether oxygens (including phenoxy) is 1. The Balaban J connectivity index is 2.17. The predicted octanol–water partition coefficient (Wildman–Crippen LogP) is 2.58. The van der Waals surface area contributed by atoms with Crippen molar-refractivity contribution >= 4 is 11.6 Å². The van der Waals surface area contributed by atoms with Crippen LogP contribution in [0.2, 0.25) is 0 Å². The maximum absolute atomic E-state index is 12.6. The SMILES string of the molecule is CCCNC1CCCN(c2ccccc2OCC)C1=O. The van der Waals surface area contributed by atoms with Gasteiger partial charge in [0.25, 0.3) is 0 Å². The van der Waals surface area contributed by atoms with E-state index in [0.29, 0.717) is 6.61 Å². The van der Waals surface area contributed by atoms with Crippen molar-refractivity contribution in [3.8, 4) is 5.75 Å². The van der Waals surface area contributed by atoms with Gasteiger partial charge in [-0.2, -0.15) is 0 Å². The maximum atomic E-state index is 12.6. The first-order valence-electron chi connectivity index (χ1n) is 7.54. The molecule has 1 fully saturated rings. The molecule has 4 nitrogen and oxygen atoms in total. The first-order chi connectivity index (χ1) is 9.77. The summed E-state index contributed by atoms with van der Waals surface area (Å²) in [6.07, 6.45) is 2.99. The molecule has 2 rings (SSSR count). The quantitative estimate of drug-likeness (QED) is 0.868. The molecule has 1 heterocycles. The van der Waals surface area contributed by atoms with E-state index >= 15 is 0 Å². The van der Waals surface area contributed by atoms with E-state index in [1.807, 2.05) is 36.1 Å². The molecule has 110 valence electrons. The lowest BCUT2D eigenvalue weighted by Gasteiger charge is -2.33. The molecular formula is C16H24N2O2. The first kappa shape index (κ1) is 14.9. The fourth-order valence-electron chi connectivity index (χ4n) is 2.58. The number of hydrogen-bond donors (Lipinski definition) is 1. The number of carbonyl (C=O) groups is 1. The molecule has 1 unspecified atom stereocenters. The Hall–Kier alpha value is -1.55. The smallest absolute Gasteiger partial charge is 0.244 e. The van der Waals surface area contributed by atoms with Crippen molar-refractivity contribution in [2.75, 3.05) is 24.6 Å². The fraction of sp³-hybridized carbons (Fsp3) is 0.562. The summed E-state index contributed by atoms with van der Waals surface area (Å²) in [5, 5.41) is 3.34. The summed E-state index contributed by atoms with van der Waals surface area (Å²) in [6.45, 7) is 6.34. The van der Waals surface area contributed by atoms with Crippen molar-refractivity contribution in [3.63, 3.8) is 0 Å². The topological polar surface area (TPSA) is 41.6 Å². The third-order valence-electron chi connectivity index (χ3n) is 3.54. The highest BCUT2D eigenvalue weighted by Crippen LogP contribution is 2.30. The van der Waals surface area contributed by atoms with Gasteiger partial charge in [-0.15, -0.1) is 0 Å². The van der Waals surface area contributed by atoms with Gasteiger partial charge in [-0.25, -0.2) is 0 Å². The standard InChI is InChI=1S/C16H24N2O2/c1-3-11-17-13-8-7-12-18(16(13)19)14-9-5-6-10-15(14)20-4-2/h5-6,9-10,13,17H,3-4,7-8,11-12H2,1-2H3. The summed E-state index contributed by atoms with van der Waals surface area (Å²) >= 11 is 0. The molecule has 20 heavy (non-hydrogen) atoms. The molecule has 1 aromatic carbocycles. The number of carbonyl (C=O) groups excluding carboxylic acids is 1. The molecule has 4 heteroatoms. The molecule has 1 aromatic rings. The van der Waals surface area contributed by atoms with E-state index in [-0.39, 0.29) is 11.9 Å². The average molecular weight is 276 g/mol. The Kier molecular flexibility index (Phi) is 5.41. The molecule has 0 spiro atoms. The molecule has 0 bridgehead atoms. The normalized spacial score (nSPS) is 19.2. The van der Waals surface area contributed by atoms with Crippen LogP contribution in [0.15, 0.2) is 24.3 Å². The zero-order valence-electron chi connectivity index (χ0n) is 12.4. The number of benzene rings is 1. The molecular weight excluding hydrogens is 252 g/mol. The van der Waals surface area contributed by atoms with Crippen LogP contribution in [0.5, 0.6) is 5.75 Å². The zero-order valence-corrected chi connectivity index (χ0v) is 12.4. The van der Waals surface area contributed by atoms with Crippen LogP contribution in [-0.2, 0) is 4.79 Å². The van der Waals surface area contributed by atoms with Crippen molar-refractivity contribution in [1.29, 1.82) is 0 Å². The molecule has 1 amide bonds. The van der Waals surface area contributed by atoms with E-state index in [2.05, 4.69) is 12.2 Å². The number of nitrogens with zero attached hydrogens (tertiary/aromatic N) is 1. The molecule has 0 radical (unpaired) electrons. The van der Waals surface area contributed by atoms with Gasteiger partial charge < -0.3 is 15.0 Å². The van der Waals surface area contributed by atoms with Crippen LogP contribution in [0, 0.1) is 0 Å². The predicted molar refractivity (Wildman–Crippen MR) is 81.3 cm³/mol. The van der Waals surface area contributed by atoms with Gasteiger partial charge in [0.2, 0.25) is 5.91 Å². The summed E-state index contributed by atoms with van der Waals surface area (Å²) in [6, 6.07) is 7.72. The van der Waals surface area contributed by atoms with Gasteiger partial charge in [0.05, 0.1) is 18.3 Å². The first-order valence-corrected chi connectivity index (χ1v) is 7.54. The third-order valence-corrected chi connectivity index (χ3v) is 3.54. The lowest BCUT2D eigenvalue weighted by Crippen LogP contribution is -2.51. The summed E-state index contributed by atoms with van der Waals surface area (Å²) in [4.78, 5) is 14.5. The lowest BCUT2D eigenvalue weighted by atomic mass is 10.0. The third kappa shape index (κ3) is 3.31. The minimum absolute atomic E-state index is 0.0571. The van der Waals surface area contributed by atoms with Crippen molar-refractivity contribution < 1.29 is 9.53 Å². The minimum atomic E-state index is -0.0571. The summed E-state index contributed by atoms with van der Waals surface area (Å²) in [7, 11) is 0. The van der Waals surface area contributed by atoms with Crippen LogP contribution >= 0.6 is 0 Å². The number of nitrogens with one attached hydrogen (secondary N) is 1. The minimum Gasteiger partial charge on any atom is -0.492 e. The zero-order chi connectivity index (χ0) is 14.4. The number of rotatable bonds is 6. The Morgan fingerprint density at radius 3 is 2.90 bits per heavy atom. The van der Waals surface area contributed by atoms with Gasteiger partial charge in [0.15, 0.2) is 0 Å². The number of amides is 1. The summed E-state index contributed by atoms with van der Waals surface area (Å²) < 4.78 is 5.64. The number of hydrogen-bond acceptors (Lipinski definition) is 3. The van der Waals surface area contributed by atoms with E-state index in [0.717, 1.165) is 43.8 Å². The van der Waals surface area contributed by atoms with Crippen LogP contribution in [-0.4, -0.2) is 31.6 Å². The monoisotopic (exact) mass is 276 g/mol. The summed E-state index contributed by atoms with van der Waals surface area (Å²) in [5.74, 6) is 0.955. The van der Waals surface area contributed by atoms with E-state index in [9.17, 15) is 4.79 Å². The largest absolute Gasteiger partial charge is 0.492 e. The molecule has 1 N–H and O–H groups in total. The van der Waals surface area contributed by atoms with Crippen LogP contribution in [0.25, 0.3) is 0 Å². The van der Waals surface area contributed by atoms with E-state index in [1.165, 1.54) is 0 Å². The Morgan fingerprint density at radius 2 is 2.15 bits per heavy atom. The highest BCUT2D eigenvalue weighted by molar-refractivity contribution is 5.99. The van der Waals surface area contributed by atoms with E-state index in [4.69, 9.17) is 4.74 Å². The molecule has 0 saturated carbocycles. The number of piperidine rings is 1. The van der Waals surface area contributed by atoms with Gasteiger partial charge in [-0.3, -0.25) is 4.79 Å². The molecule has 0 aromatic heterocycles. The van der Waals surface area contributed by atoms with Crippen molar-refractivity contribution in [2.24, 2.45) is 0 Å². The molecule has 0 aliphatic carbocycles. The van der Waals surface area contributed by atoms with Gasteiger partial charge in [-0.05, 0) is 44.9 Å². The number of anilines is 1. The second kappa shape index (κ2) is 7.29. The molecule has 1 saturated heterocycles. The van der Waals surface area contributed by atoms with Gasteiger partial charge in [0.1, 0.15) is 5.75 Å². The summed E-state index contributed by atoms with van der Waals surface area (Å²) in [5.41, 5.74) is 0.891. The average Bonchev–Trinajstić information content (AvgIpc) is 2.47. The van der Waals surface area contributed by atoms with Crippen molar-refractivity contribution in [3.05, 3.63) is 24.3 Å². The van der Waals surface area contributed by atoms with E-state index < -0.39 is 0 Å². The Labute approximate surface area is 121 Å². The van der Waals surface area contributed by atoms with Gasteiger partial charge in [0, 0.05) is 6.54 Å². The van der Waals surface area contributed by atoms with Crippen molar-refractivity contribution in [2.45, 2.75) is 39.2 Å². The molecule has 1 atom stereocenters. The second-order valence-corrected chi connectivity index (χ2v) is 5.04. The maximum Gasteiger partial charge on any atom is 0.244 e. The van der Waals surface area contributed by atoms with E-state index in [1.54, 1.807) is 0 Å². The molecule has 1 aliphatic rings. The Bertz CT molecular complexity index is 448. The van der Waals surface area contributed by atoms with Gasteiger partial charge in [-0.1, -0.05) is 19.1 Å². The Morgan fingerprint density at radius 1 is 1.35 bits per heavy atom. The van der Waals surface area contributed by atoms with Crippen molar-refractivity contribution in [1.82, 2.24) is 5.32 Å². The van der Waals surface area contributed by atoms with Crippen LogP contribution < -0.4 is 15.0 Å². The van der Waals surface area contributed by atoms with Crippen LogP contribution in [0.1, 0.15) is 33.1 Å². The number of para-hydroxylation sites is 2. The van der Waals surface area contributed by atoms with Crippen LogP contribution in [0.4, 0.5) is 5.69 Å². The highest BCUT2D eigenvalue weighted by Gasteiger charge is 2.30. The highest BCUT2D eigenvalue weighted by atomic mass is 16.5. The fourth-order valence-corrected chi connectivity index (χ4v) is 2.58. The van der Waals surface area contributed by atoms with Gasteiger partial charge >= 0.3 is 0 Å². The van der Waals surface area contributed by atoms with Crippen LogP contribution in [0.3, 0.4) is 0 Å². The lowest BCUT2D eigenvalue weighted by molar-refractivity contribution is -0.121. The molecule has 1 aliphatic heterocycles.